The molecule has 1 heterocycles. The van der Waals surface area contributed by atoms with Crippen molar-refractivity contribution in [2.75, 3.05) is 19.0 Å². The molecule has 1 rings (SSSR count). The summed E-state index contributed by atoms with van der Waals surface area (Å²) < 4.78 is 67.3. The van der Waals surface area contributed by atoms with Gasteiger partial charge in [0, 0.05) is 6.42 Å². The molecule has 0 saturated carbocycles. The SMILES string of the molecule is CCCC(CCC)S(=O)(=O)CC(N)(C(N)=O)C(=O)O[C@H]1CCOC1.O=C(O)C(F)(F)F. The lowest BCUT2D eigenvalue weighted by atomic mass is 10.0. The average Bonchev–Trinajstić information content (AvgIpc) is 3.13. The number of hydrogen-bond acceptors (Lipinski definition) is 8. The van der Waals surface area contributed by atoms with Gasteiger partial charge in [-0.3, -0.25) is 4.79 Å². The minimum Gasteiger partial charge on any atom is -0.475 e. The Morgan fingerprint density at radius 2 is 1.68 bits per heavy atom. The second-order valence-electron chi connectivity index (χ2n) is 7.04. The van der Waals surface area contributed by atoms with Crippen molar-refractivity contribution in [1.29, 1.82) is 0 Å². The summed E-state index contributed by atoms with van der Waals surface area (Å²) in [6.45, 7) is 4.37. The summed E-state index contributed by atoms with van der Waals surface area (Å²) in [5.74, 6) is -5.91. The highest BCUT2D eigenvalue weighted by atomic mass is 32.2. The molecule has 31 heavy (non-hydrogen) atoms. The van der Waals surface area contributed by atoms with Gasteiger partial charge in [-0.2, -0.15) is 13.2 Å². The standard InChI is InChI=1S/C15H28N2O6S.C2HF3O2/c1-3-5-12(6-4-2)24(20,21)10-15(17,13(16)18)14(19)23-11-7-8-22-9-11;3-2(4,5)1(6)7/h11-12H,3-10,17H2,1-2H3,(H2,16,18);(H,6,7)/t11-,15?;/m0./s1. The first-order valence-electron chi connectivity index (χ1n) is 9.51. The zero-order valence-electron chi connectivity index (χ0n) is 17.3. The lowest BCUT2D eigenvalue weighted by molar-refractivity contribution is -0.192. The minimum absolute atomic E-state index is 0.196. The zero-order chi connectivity index (χ0) is 24.5. The monoisotopic (exact) mass is 478 g/mol. The maximum absolute atomic E-state index is 12.7. The number of carboxylic acids is 1. The van der Waals surface area contributed by atoms with Crippen molar-refractivity contribution in [2.24, 2.45) is 11.5 Å². The summed E-state index contributed by atoms with van der Waals surface area (Å²) in [6.07, 6.45) is -2.93. The average molecular weight is 478 g/mol. The van der Waals surface area contributed by atoms with Crippen LogP contribution in [0.4, 0.5) is 13.2 Å². The summed E-state index contributed by atoms with van der Waals surface area (Å²) in [7, 11) is -3.79. The molecule has 0 aromatic rings. The fourth-order valence-corrected chi connectivity index (χ4v) is 5.00. The van der Waals surface area contributed by atoms with E-state index in [4.69, 9.17) is 30.8 Å². The molecule has 1 aliphatic rings. The van der Waals surface area contributed by atoms with Crippen LogP contribution in [0.5, 0.6) is 0 Å². The van der Waals surface area contributed by atoms with Crippen LogP contribution in [0.25, 0.3) is 0 Å². The predicted molar refractivity (Wildman–Crippen MR) is 103 cm³/mol. The summed E-state index contributed by atoms with van der Waals surface area (Å²) in [5.41, 5.74) is 8.66. The van der Waals surface area contributed by atoms with Crippen LogP contribution in [0.15, 0.2) is 0 Å². The van der Waals surface area contributed by atoms with Gasteiger partial charge in [-0.25, -0.2) is 18.0 Å². The molecule has 1 unspecified atom stereocenters. The molecule has 1 saturated heterocycles. The molecular formula is C17H29F3N2O8S. The number of primary amides is 1. The van der Waals surface area contributed by atoms with Gasteiger partial charge in [-0.15, -0.1) is 0 Å². The molecular weight excluding hydrogens is 449 g/mol. The summed E-state index contributed by atoms with van der Waals surface area (Å²) in [4.78, 5) is 33.0. The highest BCUT2D eigenvalue weighted by molar-refractivity contribution is 7.92. The molecule has 14 heteroatoms. The third-order valence-corrected chi connectivity index (χ3v) is 6.71. The number of esters is 1. The Labute approximate surface area is 178 Å². The quantitative estimate of drug-likeness (QED) is 0.298. The van der Waals surface area contributed by atoms with Gasteiger partial charge in [0.05, 0.1) is 24.2 Å². The Morgan fingerprint density at radius 1 is 1.19 bits per heavy atom. The maximum atomic E-state index is 12.7. The van der Waals surface area contributed by atoms with Crippen molar-refractivity contribution in [3.8, 4) is 0 Å². The lowest BCUT2D eigenvalue weighted by Gasteiger charge is -2.27. The van der Waals surface area contributed by atoms with E-state index in [-0.39, 0.29) is 6.61 Å². The van der Waals surface area contributed by atoms with Crippen molar-refractivity contribution in [2.45, 2.75) is 69.0 Å². The van der Waals surface area contributed by atoms with E-state index < -0.39 is 56.5 Å². The lowest BCUT2D eigenvalue weighted by Crippen LogP contribution is -2.64. The van der Waals surface area contributed by atoms with Crippen LogP contribution in [0.3, 0.4) is 0 Å². The molecule has 0 radical (unpaired) electrons. The van der Waals surface area contributed by atoms with Crippen LogP contribution in [-0.4, -0.2) is 73.4 Å². The Kier molecular flexibility index (Phi) is 11.4. The highest BCUT2D eigenvalue weighted by Gasteiger charge is 2.48. The first-order chi connectivity index (χ1) is 14.1. The Morgan fingerprint density at radius 3 is 2.00 bits per heavy atom. The van der Waals surface area contributed by atoms with Crippen molar-refractivity contribution < 1.29 is 50.6 Å². The minimum atomic E-state index is -5.08. The fourth-order valence-electron chi connectivity index (χ4n) is 2.68. The summed E-state index contributed by atoms with van der Waals surface area (Å²) in [5, 5.41) is 6.47. The molecule has 1 aliphatic heterocycles. The number of rotatable bonds is 10. The maximum Gasteiger partial charge on any atom is 0.490 e. The predicted octanol–water partition coefficient (Wildman–Crippen LogP) is 0.518. The summed E-state index contributed by atoms with van der Waals surface area (Å²) >= 11 is 0. The number of alkyl halides is 3. The van der Waals surface area contributed by atoms with E-state index in [1.165, 1.54) is 0 Å². The van der Waals surface area contributed by atoms with Gasteiger partial charge in [0.15, 0.2) is 9.84 Å². The second kappa shape index (κ2) is 12.2. The smallest absolute Gasteiger partial charge is 0.475 e. The van der Waals surface area contributed by atoms with Gasteiger partial charge >= 0.3 is 18.1 Å². The molecule has 1 fully saturated rings. The van der Waals surface area contributed by atoms with E-state index in [0.717, 1.165) is 0 Å². The van der Waals surface area contributed by atoms with Crippen molar-refractivity contribution >= 4 is 27.7 Å². The number of carbonyl (C=O) groups is 3. The number of amides is 1. The van der Waals surface area contributed by atoms with Crippen LogP contribution in [0.2, 0.25) is 0 Å². The molecule has 10 nitrogen and oxygen atoms in total. The first-order valence-corrected chi connectivity index (χ1v) is 11.2. The van der Waals surface area contributed by atoms with Gasteiger partial charge in [-0.1, -0.05) is 26.7 Å². The molecule has 0 aliphatic carbocycles. The van der Waals surface area contributed by atoms with Crippen LogP contribution in [-0.2, 0) is 33.7 Å². The molecule has 0 spiro atoms. The molecule has 2 atom stereocenters. The van der Waals surface area contributed by atoms with E-state index >= 15 is 0 Å². The van der Waals surface area contributed by atoms with E-state index in [2.05, 4.69) is 0 Å². The van der Waals surface area contributed by atoms with E-state index in [1.54, 1.807) is 0 Å². The van der Waals surface area contributed by atoms with Crippen LogP contribution >= 0.6 is 0 Å². The van der Waals surface area contributed by atoms with Gasteiger partial charge in [-0.05, 0) is 12.8 Å². The third-order valence-electron chi connectivity index (χ3n) is 4.37. The zero-order valence-corrected chi connectivity index (χ0v) is 18.1. The molecule has 0 aromatic carbocycles. The summed E-state index contributed by atoms with van der Waals surface area (Å²) in [6, 6.07) is 0. The van der Waals surface area contributed by atoms with Crippen molar-refractivity contribution in [3.63, 3.8) is 0 Å². The second-order valence-corrected chi connectivity index (χ2v) is 9.32. The van der Waals surface area contributed by atoms with Gasteiger partial charge in [0.25, 0.3) is 0 Å². The van der Waals surface area contributed by atoms with Crippen LogP contribution in [0, 0.1) is 0 Å². The van der Waals surface area contributed by atoms with Crippen molar-refractivity contribution in [3.05, 3.63) is 0 Å². The first kappa shape index (κ1) is 29.1. The fraction of sp³-hybridized carbons (Fsp3) is 0.824. The van der Waals surface area contributed by atoms with E-state index in [1.807, 2.05) is 13.8 Å². The van der Waals surface area contributed by atoms with Crippen molar-refractivity contribution in [1.82, 2.24) is 0 Å². The number of ether oxygens (including phenoxy) is 2. The number of carbonyl (C=O) groups excluding carboxylic acids is 2. The third kappa shape index (κ3) is 9.39. The number of sulfone groups is 1. The number of nitrogens with two attached hydrogens (primary N) is 2. The molecule has 0 bridgehead atoms. The largest absolute Gasteiger partial charge is 0.490 e. The number of carboxylic acid groups (broad SMARTS) is 1. The topological polar surface area (TPSA) is 176 Å². The van der Waals surface area contributed by atoms with Crippen LogP contribution < -0.4 is 11.5 Å². The number of halogens is 3. The van der Waals surface area contributed by atoms with E-state index in [0.29, 0.717) is 38.7 Å². The Balaban J connectivity index is 0.00000110. The molecule has 1 amide bonds. The van der Waals surface area contributed by atoms with Gasteiger partial charge < -0.3 is 26.0 Å². The normalized spacial score (nSPS) is 18.6. The molecule has 0 aromatic heterocycles. The van der Waals surface area contributed by atoms with Crippen LogP contribution in [0.1, 0.15) is 46.0 Å². The van der Waals surface area contributed by atoms with E-state index in [9.17, 15) is 31.2 Å². The Hall–Kier alpha value is -1.93. The van der Waals surface area contributed by atoms with Gasteiger partial charge in [0.1, 0.15) is 6.10 Å². The highest BCUT2D eigenvalue weighted by Crippen LogP contribution is 2.21. The number of hydrogen-bond donors (Lipinski definition) is 3. The number of aliphatic carboxylic acids is 1. The Bertz CT molecular complexity index is 717. The van der Waals surface area contributed by atoms with Gasteiger partial charge in [0.2, 0.25) is 11.4 Å². The molecule has 5 N–H and O–H groups in total. The molecule has 182 valence electrons.